The van der Waals surface area contributed by atoms with E-state index in [-0.39, 0.29) is 0 Å². The van der Waals surface area contributed by atoms with Gasteiger partial charge in [-0.3, -0.25) is 4.99 Å². The summed E-state index contributed by atoms with van der Waals surface area (Å²) >= 11 is 0. The molecule has 1 rings (SSSR count). The monoisotopic (exact) mass is 283 g/mol. The molecule has 1 aliphatic rings. The first-order chi connectivity index (χ1) is 9.62. The Morgan fingerprint density at radius 1 is 1.30 bits per heavy atom. The number of hydrogen-bond donors (Lipinski definition) is 2. The minimum Gasteiger partial charge on any atom is -0.382 e. The second kappa shape index (κ2) is 9.22. The van der Waals surface area contributed by atoms with E-state index in [9.17, 15) is 0 Å². The zero-order valence-electron chi connectivity index (χ0n) is 13.8. The molecule has 0 spiro atoms. The van der Waals surface area contributed by atoms with E-state index < -0.39 is 0 Å². The Hall–Kier alpha value is -0.770. The fourth-order valence-electron chi connectivity index (χ4n) is 3.01. The maximum atomic E-state index is 5.33. The summed E-state index contributed by atoms with van der Waals surface area (Å²) in [6.45, 7) is 10.2. The molecule has 0 bridgehead atoms. The molecular weight excluding hydrogens is 250 g/mol. The third-order valence-corrected chi connectivity index (χ3v) is 4.07. The fourth-order valence-corrected chi connectivity index (χ4v) is 3.01. The standard InChI is InChI=1S/C16H33N3O/c1-5-20-11-7-10-18-15(17-4)19-13-16(8-6-9-16)12-14(2)3/h14H,5-13H2,1-4H3,(H2,17,18,19). The Morgan fingerprint density at radius 3 is 2.55 bits per heavy atom. The molecule has 0 heterocycles. The summed E-state index contributed by atoms with van der Waals surface area (Å²) in [4.78, 5) is 4.30. The lowest BCUT2D eigenvalue weighted by Gasteiger charge is -2.43. The van der Waals surface area contributed by atoms with E-state index in [0.29, 0.717) is 5.41 Å². The van der Waals surface area contributed by atoms with E-state index in [4.69, 9.17) is 4.74 Å². The van der Waals surface area contributed by atoms with Gasteiger partial charge >= 0.3 is 0 Å². The van der Waals surface area contributed by atoms with Crippen LogP contribution in [0.15, 0.2) is 4.99 Å². The predicted molar refractivity (Wildman–Crippen MR) is 86.2 cm³/mol. The van der Waals surface area contributed by atoms with Crippen LogP contribution in [0.4, 0.5) is 0 Å². The number of aliphatic imine (C=N–C) groups is 1. The van der Waals surface area contributed by atoms with Crippen molar-refractivity contribution < 1.29 is 4.74 Å². The molecule has 2 N–H and O–H groups in total. The maximum Gasteiger partial charge on any atom is 0.190 e. The predicted octanol–water partition coefficient (Wildman–Crippen LogP) is 2.79. The van der Waals surface area contributed by atoms with Gasteiger partial charge in [0.25, 0.3) is 0 Å². The molecule has 0 aromatic rings. The Kier molecular flexibility index (Phi) is 7.97. The van der Waals surface area contributed by atoms with E-state index in [1.807, 2.05) is 14.0 Å². The van der Waals surface area contributed by atoms with Crippen LogP contribution in [0.25, 0.3) is 0 Å². The van der Waals surface area contributed by atoms with Gasteiger partial charge in [0, 0.05) is 33.4 Å². The van der Waals surface area contributed by atoms with E-state index in [1.165, 1.54) is 25.7 Å². The molecule has 0 unspecified atom stereocenters. The van der Waals surface area contributed by atoms with Crippen LogP contribution in [-0.2, 0) is 4.74 Å². The Morgan fingerprint density at radius 2 is 2.05 bits per heavy atom. The molecule has 0 aromatic heterocycles. The highest BCUT2D eigenvalue weighted by atomic mass is 16.5. The molecule has 4 nitrogen and oxygen atoms in total. The number of hydrogen-bond acceptors (Lipinski definition) is 2. The third kappa shape index (κ3) is 6.12. The first kappa shape index (κ1) is 17.3. The van der Waals surface area contributed by atoms with Gasteiger partial charge in [-0.15, -0.1) is 0 Å². The second-order valence-corrected chi connectivity index (χ2v) is 6.35. The molecule has 0 amide bonds. The zero-order chi connectivity index (χ0) is 14.8. The first-order valence-electron chi connectivity index (χ1n) is 8.14. The highest BCUT2D eigenvalue weighted by molar-refractivity contribution is 5.79. The van der Waals surface area contributed by atoms with Crippen molar-refractivity contribution in [2.75, 3.05) is 33.4 Å². The number of guanidine groups is 1. The lowest BCUT2D eigenvalue weighted by molar-refractivity contribution is 0.104. The van der Waals surface area contributed by atoms with Crippen molar-refractivity contribution in [1.29, 1.82) is 0 Å². The van der Waals surface area contributed by atoms with Crippen molar-refractivity contribution in [2.24, 2.45) is 16.3 Å². The Labute approximate surface area is 124 Å². The average Bonchev–Trinajstić information content (AvgIpc) is 2.38. The highest BCUT2D eigenvalue weighted by Gasteiger charge is 2.37. The summed E-state index contributed by atoms with van der Waals surface area (Å²) in [6, 6.07) is 0. The van der Waals surface area contributed by atoms with Crippen LogP contribution in [0.1, 0.15) is 52.9 Å². The minimum atomic E-state index is 0.511. The van der Waals surface area contributed by atoms with Gasteiger partial charge in [-0.1, -0.05) is 20.3 Å². The molecule has 4 heteroatoms. The van der Waals surface area contributed by atoms with E-state index in [2.05, 4.69) is 29.5 Å². The van der Waals surface area contributed by atoms with Crippen LogP contribution >= 0.6 is 0 Å². The quantitative estimate of drug-likeness (QED) is 0.388. The Bertz CT molecular complexity index is 285. The fraction of sp³-hybridized carbons (Fsp3) is 0.938. The summed E-state index contributed by atoms with van der Waals surface area (Å²) in [6.07, 6.45) is 6.45. The smallest absolute Gasteiger partial charge is 0.190 e. The third-order valence-electron chi connectivity index (χ3n) is 4.07. The molecule has 1 fully saturated rings. The van der Waals surface area contributed by atoms with Gasteiger partial charge in [0.2, 0.25) is 0 Å². The van der Waals surface area contributed by atoms with Gasteiger partial charge < -0.3 is 15.4 Å². The van der Waals surface area contributed by atoms with Crippen LogP contribution in [-0.4, -0.2) is 39.3 Å². The molecule has 0 aliphatic heterocycles. The zero-order valence-corrected chi connectivity index (χ0v) is 13.8. The number of nitrogens with zero attached hydrogens (tertiary/aromatic N) is 1. The molecule has 20 heavy (non-hydrogen) atoms. The topological polar surface area (TPSA) is 45.6 Å². The lowest BCUT2D eigenvalue weighted by Crippen LogP contribution is -2.47. The first-order valence-corrected chi connectivity index (χ1v) is 8.14. The SMILES string of the molecule is CCOCCCNC(=NC)NCC1(CC(C)C)CCC1. The van der Waals surface area contributed by atoms with Crippen LogP contribution in [0.2, 0.25) is 0 Å². The van der Waals surface area contributed by atoms with Crippen molar-refractivity contribution in [3.8, 4) is 0 Å². The average molecular weight is 283 g/mol. The number of nitrogens with one attached hydrogen (secondary N) is 2. The van der Waals surface area contributed by atoms with Crippen LogP contribution in [0.3, 0.4) is 0 Å². The molecule has 1 aliphatic carbocycles. The second-order valence-electron chi connectivity index (χ2n) is 6.35. The molecule has 118 valence electrons. The van der Waals surface area contributed by atoms with Crippen LogP contribution in [0, 0.1) is 11.3 Å². The van der Waals surface area contributed by atoms with Crippen LogP contribution in [0.5, 0.6) is 0 Å². The molecule has 0 atom stereocenters. The van der Waals surface area contributed by atoms with Gasteiger partial charge in [0.05, 0.1) is 0 Å². The van der Waals surface area contributed by atoms with Gasteiger partial charge in [-0.2, -0.15) is 0 Å². The van der Waals surface area contributed by atoms with Crippen molar-refractivity contribution in [1.82, 2.24) is 10.6 Å². The highest BCUT2D eigenvalue weighted by Crippen LogP contribution is 2.45. The van der Waals surface area contributed by atoms with E-state index in [1.54, 1.807) is 0 Å². The van der Waals surface area contributed by atoms with Gasteiger partial charge in [-0.25, -0.2) is 0 Å². The summed E-state index contributed by atoms with van der Waals surface area (Å²) in [5.41, 5.74) is 0.511. The van der Waals surface area contributed by atoms with Crippen molar-refractivity contribution in [3.63, 3.8) is 0 Å². The van der Waals surface area contributed by atoms with Gasteiger partial charge in [-0.05, 0) is 43.9 Å². The largest absolute Gasteiger partial charge is 0.382 e. The summed E-state index contributed by atoms with van der Waals surface area (Å²) in [5, 5.41) is 6.87. The van der Waals surface area contributed by atoms with Crippen LogP contribution < -0.4 is 10.6 Å². The molecular formula is C16H33N3O. The number of rotatable bonds is 9. The summed E-state index contributed by atoms with van der Waals surface area (Å²) in [5.74, 6) is 1.70. The van der Waals surface area contributed by atoms with E-state index >= 15 is 0 Å². The molecule has 0 saturated heterocycles. The summed E-state index contributed by atoms with van der Waals surface area (Å²) in [7, 11) is 1.84. The van der Waals surface area contributed by atoms with E-state index in [0.717, 1.165) is 44.6 Å². The van der Waals surface area contributed by atoms with Crippen molar-refractivity contribution in [3.05, 3.63) is 0 Å². The molecule has 0 radical (unpaired) electrons. The number of ether oxygens (including phenoxy) is 1. The Balaban J connectivity index is 2.23. The molecule has 0 aromatic carbocycles. The summed E-state index contributed by atoms with van der Waals surface area (Å²) < 4.78 is 5.33. The molecule has 1 saturated carbocycles. The van der Waals surface area contributed by atoms with Gasteiger partial charge in [0.15, 0.2) is 5.96 Å². The van der Waals surface area contributed by atoms with Gasteiger partial charge in [0.1, 0.15) is 0 Å². The maximum absolute atomic E-state index is 5.33. The van der Waals surface area contributed by atoms with Crippen molar-refractivity contribution >= 4 is 5.96 Å². The minimum absolute atomic E-state index is 0.511. The normalized spacial score (nSPS) is 17.9. The lowest BCUT2D eigenvalue weighted by atomic mass is 9.64. The van der Waals surface area contributed by atoms with Crippen molar-refractivity contribution in [2.45, 2.75) is 52.9 Å².